The predicted molar refractivity (Wildman–Crippen MR) is 55.4 cm³/mol. The maximum absolute atomic E-state index is 11.0. The van der Waals surface area contributed by atoms with E-state index in [1.807, 2.05) is 19.9 Å². The Bertz CT molecular complexity index is 333. The van der Waals surface area contributed by atoms with Gasteiger partial charge in [0.25, 0.3) is 0 Å². The van der Waals surface area contributed by atoms with Crippen molar-refractivity contribution in [1.29, 1.82) is 5.39 Å². The van der Waals surface area contributed by atoms with Gasteiger partial charge in [0.2, 0.25) is 5.39 Å². The highest BCUT2D eigenvalue weighted by Gasteiger charge is 2.29. The third-order valence-corrected chi connectivity index (χ3v) is 1.69. The summed E-state index contributed by atoms with van der Waals surface area (Å²) in [6.45, 7) is 3.86. The van der Waals surface area contributed by atoms with E-state index >= 15 is 0 Å². The number of hydrogen-bond donors (Lipinski definition) is 1. The monoisotopic (exact) mass is 211 g/mol. The van der Waals surface area contributed by atoms with E-state index in [1.165, 1.54) is 0 Å². The van der Waals surface area contributed by atoms with Crippen LogP contribution in [0.25, 0.3) is 4.98 Å². The topological polar surface area (TPSA) is 74.7 Å². The molecule has 0 saturated carbocycles. The number of carbonyl (C=O) groups is 1. The van der Waals surface area contributed by atoms with Gasteiger partial charge in [0.05, 0.1) is 7.11 Å². The molecule has 0 unspecified atom stereocenters. The van der Waals surface area contributed by atoms with Crippen LogP contribution in [0.4, 0.5) is 0 Å². The largest absolute Gasteiger partial charge is 0.505 e. The smallest absolute Gasteiger partial charge is 0.505 e. The Hall–Kier alpha value is -1.83. The number of rotatable bonds is 4. The van der Waals surface area contributed by atoms with Gasteiger partial charge in [-0.15, -0.1) is 0 Å². The fraction of sp³-hybridized carbons (Fsp3) is 0.500. The van der Waals surface area contributed by atoms with E-state index in [2.05, 4.69) is 9.71 Å². The zero-order chi connectivity index (χ0) is 11.8. The van der Waals surface area contributed by atoms with Gasteiger partial charge in [-0.3, -0.25) is 0 Å². The van der Waals surface area contributed by atoms with E-state index in [0.29, 0.717) is 6.42 Å². The van der Waals surface area contributed by atoms with Crippen molar-refractivity contribution in [2.45, 2.75) is 26.7 Å². The van der Waals surface area contributed by atoms with Gasteiger partial charge < -0.3 is 9.84 Å². The van der Waals surface area contributed by atoms with Gasteiger partial charge in [-0.25, -0.2) is 4.79 Å². The van der Waals surface area contributed by atoms with Crippen LogP contribution < -0.4 is 0 Å². The molecular weight excluding hydrogens is 196 g/mol. The molecule has 0 heterocycles. The Labute approximate surface area is 88.7 Å². The van der Waals surface area contributed by atoms with Crippen molar-refractivity contribution in [2.24, 2.45) is 0 Å². The summed E-state index contributed by atoms with van der Waals surface area (Å²) in [5.41, 5.74) is 0.669. The molecule has 5 heteroatoms. The molecule has 0 saturated heterocycles. The SMILES string of the molecule is COC(=O)/C([N+]#N)=C(\O)CCC=C(C)C. The quantitative estimate of drug-likeness (QED) is 0.255. The zero-order valence-electron chi connectivity index (χ0n) is 9.15. The number of diazo groups is 1. The molecule has 82 valence electrons. The molecule has 0 aromatic rings. The Morgan fingerprint density at radius 1 is 1.53 bits per heavy atom. The standard InChI is InChI=1S/C10H14N2O3/c1-7(2)5-4-6-8(13)9(12-11)10(14)15-3/h5H,4,6H2,1-3H3/p+1. The van der Waals surface area contributed by atoms with Crippen LogP contribution in [-0.2, 0) is 9.53 Å². The Balaban J connectivity index is 4.55. The molecule has 0 aromatic heterocycles. The van der Waals surface area contributed by atoms with Crippen molar-refractivity contribution in [3.63, 3.8) is 0 Å². The molecule has 15 heavy (non-hydrogen) atoms. The van der Waals surface area contributed by atoms with Gasteiger partial charge in [-0.2, -0.15) is 0 Å². The molecule has 5 nitrogen and oxygen atoms in total. The number of hydrogen-bond acceptors (Lipinski definition) is 4. The summed E-state index contributed by atoms with van der Waals surface area (Å²) < 4.78 is 4.33. The Morgan fingerprint density at radius 3 is 2.53 bits per heavy atom. The van der Waals surface area contributed by atoms with Crippen molar-refractivity contribution in [3.05, 3.63) is 28.1 Å². The number of nitrogens with zero attached hydrogens (tertiary/aromatic N) is 2. The summed E-state index contributed by atoms with van der Waals surface area (Å²) in [6, 6.07) is 0. The minimum atomic E-state index is -0.854. The molecule has 0 fully saturated rings. The molecule has 0 aromatic carbocycles. The van der Waals surface area contributed by atoms with Gasteiger partial charge in [0.15, 0.2) is 10.7 Å². The van der Waals surface area contributed by atoms with Gasteiger partial charge >= 0.3 is 11.7 Å². The van der Waals surface area contributed by atoms with Crippen LogP contribution in [0.5, 0.6) is 0 Å². The minimum absolute atomic E-state index is 0.236. The summed E-state index contributed by atoms with van der Waals surface area (Å²) in [4.78, 5) is 13.7. The fourth-order valence-electron chi connectivity index (χ4n) is 0.929. The van der Waals surface area contributed by atoms with Crippen molar-refractivity contribution in [3.8, 4) is 0 Å². The summed E-state index contributed by atoms with van der Waals surface area (Å²) in [6.07, 6.45) is 2.71. The molecule has 0 aliphatic heterocycles. The van der Waals surface area contributed by atoms with Gasteiger partial charge in [0.1, 0.15) is 0 Å². The molecule has 0 amide bonds. The molecule has 1 N–H and O–H groups in total. The molecule has 0 aliphatic carbocycles. The maximum Gasteiger partial charge on any atom is 0.505 e. The Kier molecular flexibility index (Phi) is 5.79. The van der Waals surface area contributed by atoms with E-state index in [4.69, 9.17) is 5.39 Å². The van der Waals surface area contributed by atoms with E-state index in [9.17, 15) is 9.90 Å². The average Bonchev–Trinajstić information content (AvgIpc) is 2.18. The molecule has 0 bridgehead atoms. The lowest BCUT2D eigenvalue weighted by Gasteiger charge is -1.94. The molecule has 0 spiro atoms. The summed E-state index contributed by atoms with van der Waals surface area (Å²) in [5, 5.41) is 17.9. The van der Waals surface area contributed by atoms with E-state index < -0.39 is 11.7 Å². The van der Waals surface area contributed by atoms with Gasteiger partial charge in [0, 0.05) is 6.42 Å². The highest BCUT2D eigenvalue weighted by molar-refractivity contribution is 5.90. The highest BCUT2D eigenvalue weighted by Crippen LogP contribution is 2.12. The third-order valence-electron chi connectivity index (χ3n) is 1.69. The first-order chi connectivity index (χ1) is 7.02. The number of esters is 1. The van der Waals surface area contributed by atoms with E-state index in [-0.39, 0.29) is 12.2 Å². The lowest BCUT2D eigenvalue weighted by molar-refractivity contribution is -0.136. The number of methoxy groups -OCH3 is 1. The van der Waals surface area contributed by atoms with Crippen LogP contribution in [-0.4, -0.2) is 18.2 Å². The molecule has 0 aliphatic rings. The van der Waals surface area contributed by atoms with Crippen LogP contribution in [0.15, 0.2) is 23.1 Å². The van der Waals surface area contributed by atoms with E-state index in [1.54, 1.807) is 0 Å². The zero-order valence-corrected chi connectivity index (χ0v) is 9.15. The van der Waals surface area contributed by atoms with Crippen LogP contribution in [0.1, 0.15) is 26.7 Å². The minimum Gasteiger partial charge on any atom is -0.505 e. The number of aliphatic hydroxyl groups is 1. The fourth-order valence-corrected chi connectivity index (χ4v) is 0.929. The number of aliphatic hydroxyl groups excluding tert-OH is 1. The number of allylic oxidation sites excluding steroid dienone is 3. The predicted octanol–water partition coefficient (Wildman–Crippen LogP) is 2.53. The van der Waals surface area contributed by atoms with Crippen molar-refractivity contribution in [1.82, 2.24) is 0 Å². The molecule has 0 rings (SSSR count). The lowest BCUT2D eigenvalue weighted by atomic mass is 10.2. The summed E-state index contributed by atoms with van der Waals surface area (Å²) in [5.74, 6) is -1.13. The number of ether oxygens (including phenoxy) is 1. The normalized spacial score (nSPS) is 11.1. The first kappa shape index (κ1) is 13.2. The number of carbonyl (C=O) groups excluding carboxylic acids is 1. The summed E-state index contributed by atoms with van der Waals surface area (Å²) in [7, 11) is 1.15. The van der Waals surface area contributed by atoms with Crippen LogP contribution in [0.2, 0.25) is 0 Å². The van der Waals surface area contributed by atoms with Crippen LogP contribution in [0.3, 0.4) is 0 Å². The highest BCUT2D eigenvalue weighted by atomic mass is 16.5. The molecule has 0 radical (unpaired) electrons. The van der Waals surface area contributed by atoms with E-state index in [0.717, 1.165) is 12.7 Å². The Morgan fingerprint density at radius 2 is 2.13 bits per heavy atom. The second-order valence-corrected chi connectivity index (χ2v) is 3.21. The second kappa shape index (κ2) is 6.60. The first-order valence-corrected chi connectivity index (χ1v) is 4.51. The van der Waals surface area contributed by atoms with Gasteiger partial charge in [-0.1, -0.05) is 11.6 Å². The average molecular weight is 211 g/mol. The lowest BCUT2D eigenvalue weighted by Crippen LogP contribution is -2.04. The van der Waals surface area contributed by atoms with Crippen LogP contribution >= 0.6 is 0 Å². The van der Waals surface area contributed by atoms with Crippen molar-refractivity contribution >= 4 is 5.97 Å². The molecular formula is C10H15N2O3+. The van der Waals surface area contributed by atoms with Crippen molar-refractivity contribution in [2.75, 3.05) is 7.11 Å². The molecule has 0 atom stereocenters. The second-order valence-electron chi connectivity index (χ2n) is 3.21. The third kappa shape index (κ3) is 4.81. The van der Waals surface area contributed by atoms with Gasteiger partial charge in [-0.05, 0) is 20.3 Å². The first-order valence-electron chi connectivity index (χ1n) is 4.51. The van der Waals surface area contributed by atoms with Crippen LogP contribution in [0, 0.1) is 5.39 Å². The summed E-state index contributed by atoms with van der Waals surface area (Å²) >= 11 is 0. The van der Waals surface area contributed by atoms with Crippen molar-refractivity contribution < 1.29 is 14.6 Å². The maximum atomic E-state index is 11.0.